The van der Waals surface area contributed by atoms with E-state index in [1.165, 1.54) is 0 Å². The Labute approximate surface area is 134 Å². The second kappa shape index (κ2) is 8.82. The number of rotatable bonds is 7. The number of anilines is 1. The standard InChI is InChI=1S/C11H9F6NOS3/c1-4(19)18-8-6(21-10(14)15)2-5(20-9(12)13)3-7(8)22-11(16)17/h2-3,9-11H,1H3,(H,18,19). The molecule has 22 heavy (non-hydrogen) atoms. The Hall–Kier alpha value is -0.680. The van der Waals surface area contributed by atoms with E-state index in [4.69, 9.17) is 0 Å². The van der Waals surface area contributed by atoms with Gasteiger partial charge in [0.2, 0.25) is 5.91 Å². The Balaban J connectivity index is 3.34. The Kier molecular flexibility index (Phi) is 7.77. The van der Waals surface area contributed by atoms with Gasteiger partial charge >= 0.3 is 0 Å². The molecule has 0 unspecified atom stereocenters. The second-order valence-corrected chi connectivity index (χ2v) is 6.74. The lowest BCUT2D eigenvalue weighted by Gasteiger charge is -2.16. The van der Waals surface area contributed by atoms with Crippen molar-refractivity contribution < 1.29 is 31.1 Å². The molecule has 2 nitrogen and oxygen atoms in total. The van der Waals surface area contributed by atoms with Crippen molar-refractivity contribution in [3.63, 3.8) is 0 Å². The monoisotopic (exact) mass is 381 g/mol. The van der Waals surface area contributed by atoms with Crippen LogP contribution in [-0.4, -0.2) is 23.2 Å². The smallest absolute Gasteiger partial charge is 0.288 e. The molecule has 1 aromatic rings. The number of alkyl halides is 6. The lowest BCUT2D eigenvalue weighted by molar-refractivity contribution is -0.114. The SMILES string of the molecule is CC(=O)Nc1c(SC(F)F)cc(SC(F)F)cc1SC(F)F. The van der Waals surface area contributed by atoms with Crippen LogP contribution in [0.1, 0.15) is 6.92 Å². The molecule has 0 aliphatic rings. The zero-order valence-electron chi connectivity index (χ0n) is 10.8. The third-order valence-electron chi connectivity index (χ3n) is 2.00. The maximum Gasteiger partial charge on any atom is 0.288 e. The third-order valence-corrected chi connectivity index (χ3v) is 4.19. The molecule has 0 spiro atoms. The summed E-state index contributed by atoms with van der Waals surface area (Å²) in [6.07, 6.45) is 0. The van der Waals surface area contributed by atoms with Crippen LogP contribution in [0.5, 0.6) is 0 Å². The number of benzene rings is 1. The van der Waals surface area contributed by atoms with Gasteiger partial charge in [0.05, 0.1) is 5.69 Å². The molecule has 0 radical (unpaired) electrons. The molecule has 0 saturated carbocycles. The summed E-state index contributed by atoms with van der Waals surface area (Å²) in [6.45, 7) is 1.08. The number of nitrogens with one attached hydrogen (secondary N) is 1. The van der Waals surface area contributed by atoms with Gasteiger partial charge in [-0.3, -0.25) is 4.79 Å². The zero-order chi connectivity index (χ0) is 16.9. The molecular formula is C11H9F6NOS3. The quantitative estimate of drug-likeness (QED) is 0.493. The van der Waals surface area contributed by atoms with Gasteiger partial charge in [-0.2, -0.15) is 26.3 Å². The molecule has 1 aromatic carbocycles. The number of carbonyl (C=O) groups excluding carboxylic acids is 1. The average molecular weight is 381 g/mol. The van der Waals surface area contributed by atoms with Crippen LogP contribution >= 0.6 is 35.3 Å². The van der Waals surface area contributed by atoms with Gasteiger partial charge in [-0.1, -0.05) is 35.3 Å². The summed E-state index contributed by atoms with van der Waals surface area (Å²) in [5.41, 5.74) is -0.235. The van der Waals surface area contributed by atoms with Crippen molar-refractivity contribution in [2.45, 2.75) is 38.9 Å². The minimum atomic E-state index is -2.90. The van der Waals surface area contributed by atoms with E-state index in [1.807, 2.05) is 0 Å². The Morgan fingerprint density at radius 2 is 1.32 bits per heavy atom. The van der Waals surface area contributed by atoms with Crippen LogP contribution in [0, 0.1) is 0 Å². The fraction of sp³-hybridized carbons (Fsp3) is 0.364. The molecule has 11 heteroatoms. The molecule has 0 saturated heterocycles. The topological polar surface area (TPSA) is 29.1 Å². The van der Waals surface area contributed by atoms with Crippen LogP contribution in [0.3, 0.4) is 0 Å². The highest BCUT2D eigenvalue weighted by molar-refractivity contribution is 8.01. The van der Waals surface area contributed by atoms with Crippen molar-refractivity contribution in [2.75, 3.05) is 5.32 Å². The normalized spacial score (nSPS) is 11.5. The number of thioether (sulfide) groups is 3. The van der Waals surface area contributed by atoms with E-state index in [2.05, 4.69) is 5.32 Å². The molecule has 0 bridgehead atoms. The molecule has 0 aliphatic heterocycles. The van der Waals surface area contributed by atoms with Crippen molar-refractivity contribution in [3.05, 3.63) is 12.1 Å². The van der Waals surface area contributed by atoms with Crippen molar-refractivity contribution in [3.8, 4) is 0 Å². The lowest BCUT2D eigenvalue weighted by Crippen LogP contribution is -2.09. The molecular weight excluding hydrogens is 372 g/mol. The largest absolute Gasteiger partial charge is 0.324 e. The third kappa shape index (κ3) is 6.61. The summed E-state index contributed by atoms with van der Waals surface area (Å²) in [5.74, 6) is -9.28. The van der Waals surface area contributed by atoms with Crippen molar-refractivity contribution >= 4 is 46.9 Å². The van der Waals surface area contributed by atoms with Gasteiger partial charge < -0.3 is 5.32 Å². The van der Waals surface area contributed by atoms with Crippen LogP contribution in [0.25, 0.3) is 0 Å². The number of hydrogen-bond acceptors (Lipinski definition) is 4. The van der Waals surface area contributed by atoms with Gasteiger partial charge in [0.15, 0.2) is 0 Å². The molecule has 0 fully saturated rings. The summed E-state index contributed by atoms with van der Waals surface area (Å²) < 4.78 is 75.1. The van der Waals surface area contributed by atoms with E-state index in [-0.39, 0.29) is 55.7 Å². The number of amides is 1. The Bertz CT molecular complexity index is 498. The minimum Gasteiger partial charge on any atom is -0.324 e. The van der Waals surface area contributed by atoms with Gasteiger partial charge in [-0.25, -0.2) is 0 Å². The molecule has 0 atom stereocenters. The van der Waals surface area contributed by atoms with E-state index in [9.17, 15) is 31.1 Å². The molecule has 1 amide bonds. The number of halogens is 6. The molecule has 0 heterocycles. The summed E-state index contributed by atoms with van der Waals surface area (Å²) in [7, 11) is 0. The summed E-state index contributed by atoms with van der Waals surface area (Å²) in [5, 5.41) is 2.19. The molecule has 0 aliphatic carbocycles. The van der Waals surface area contributed by atoms with E-state index >= 15 is 0 Å². The van der Waals surface area contributed by atoms with Gasteiger partial charge in [-0.15, -0.1) is 0 Å². The minimum absolute atomic E-state index is 0.0150. The molecule has 1 rings (SSSR count). The van der Waals surface area contributed by atoms with E-state index in [0.717, 1.165) is 19.1 Å². The maximum atomic E-state index is 12.6. The average Bonchev–Trinajstić information content (AvgIpc) is 2.30. The summed E-state index contributed by atoms with van der Waals surface area (Å²) in [6, 6.07) is 2.02. The zero-order valence-corrected chi connectivity index (χ0v) is 13.2. The highest BCUT2D eigenvalue weighted by Crippen LogP contribution is 2.44. The van der Waals surface area contributed by atoms with Gasteiger partial charge in [0.1, 0.15) is 0 Å². The first-order valence-electron chi connectivity index (χ1n) is 5.49. The first-order valence-corrected chi connectivity index (χ1v) is 8.13. The molecule has 124 valence electrons. The predicted octanol–water partition coefficient (Wildman–Crippen LogP) is 5.59. The fourth-order valence-electron chi connectivity index (χ4n) is 1.41. The fourth-order valence-corrected chi connectivity index (χ4v) is 3.54. The van der Waals surface area contributed by atoms with Crippen LogP contribution in [0.15, 0.2) is 26.8 Å². The van der Waals surface area contributed by atoms with Crippen LogP contribution in [-0.2, 0) is 4.79 Å². The van der Waals surface area contributed by atoms with E-state index in [1.54, 1.807) is 0 Å². The first-order chi connectivity index (χ1) is 10.2. The number of carbonyl (C=O) groups is 1. The second-order valence-electron chi connectivity index (χ2n) is 3.61. The maximum absolute atomic E-state index is 12.6. The van der Waals surface area contributed by atoms with Crippen LogP contribution < -0.4 is 5.32 Å². The molecule has 1 N–H and O–H groups in total. The van der Waals surface area contributed by atoms with Crippen molar-refractivity contribution in [1.29, 1.82) is 0 Å². The highest BCUT2D eigenvalue weighted by Gasteiger charge is 2.20. The Morgan fingerprint density at radius 3 is 1.64 bits per heavy atom. The molecule has 0 aromatic heterocycles. The van der Waals surface area contributed by atoms with Crippen LogP contribution in [0.4, 0.5) is 32.0 Å². The van der Waals surface area contributed by atoms with Gasteiger partial charge in [-0.05, 0) is 12.1 Å². The van der Waals surface area contributed by atoms with Gasteiger partial charge in [0.25, 0.3) is 17.3 Å². The summed E-state index contributed by atoms with van der Waals surface area (Å²) in [4.78, 5) is 10.5. The van der Waals surface area contributed by atoms with Gasteiger partial charge in [0, 0.05) is 21.6 Å². The van der Waals surface area contributed by atoms with E-state index in [0.29, 0.717) is 0 Å². The van der Waals surface area contributed by atoms with Crippen molar-refractivity contribution in [1.82, 2.24) is 0 Å². The van der Waals surface area contributed by atoms with E-state index < -0.39 is 23.2 Å². The predicted molar refractivity (Wildman–Crippen MR) is 76.3 cm³/mol. The Morgan fingerprint density at radius 1 is 0.909 bits per heavy atom. The first kappa shape index (κ1) is 19.4. The summed E-state index contributed by atoms with van der Waals surface area (Å²) >= 11 is 0.0161. The van der Waals surface area contributed by atoms with Crippen molar-refractivity contribution in [2.24, 2.45) is 0 Å². The highest BCUT2D eigenvalue weighted by atomic mass is 32.2. The lowest BCUT2D eigenvalue weighted by atomic mass is 10.3. The van der Waals surface area contributed by atoms with Crippen LogP contribution in [0.2, 0.25) is 0 Å². The number of hydrogen-bond donors (Lipinski definition) is 1.